The van der Waals surface area contributed by atoms with E-state index in [1.54, 1.807) is 6.26 Å². The van der Waals surface area contributed by atoms with Gasteiger partial charge < -0.3 is 43.4 Å². The zero-order valence-corrected chi connectivity index (χ0v) is 18.5. The average molecular weight is 464 g/mol. The average Bonchev–Trinajstić information content (AvgIpc) is 2.70. The van der Waals surface area contributed by atoms with Crippen molar-refractivity contribution < 1.29 is 29.4 Å². The van der Waals surface area contributed by atoms with Crippen LogP contribution in [0.5, 0.6) is 0 Å². The van der Waals surface area contributed by atoms with Crippen LogP contribution >= 0.6 is 11.8 Å². The molecule has 31 heavy (non-hydrogen) atoms. The second kappa shape index (κ2) is 15.3. The Bertz CT molecular complexity index is 642. The quantitative estimate of drug-likeness (QED) is 0.0683. The van der Waals surface area contributed by atoms with E-state index in [1.165, 1.54) is 18.7 Å². The fraction of sp³-hybridized carbons (Fsp3) is 0.706. The van der Waals surface area contributed by atoms with Crippen LogP contribution in [0.25, 0.3) is 0 Å². The summed E-state index contributed by atoms with van der Waals surface area (Å²) < 4.78 is 0. The van der Waals surface area contributed by atoms with Gasteiger partial charge in [0.2, 0.25) is 17.7 Å². The number of carboxylic acids is 1. The number of hydrogen-bond acceptors (Lipinski definition) is 8. The highest BCUT2D eigenvalue weighted by Crippen LogP contribution is 2.05. The third kappa shape index (κ3) is 12.0. The molecular formula is C17H33N7O6S. The molecule has 3 amide bonds. The monoisotopic (exact) mass is 463 g/mol. The SMILES string of the molecule is CSCCC(NC(=O)C(CCCN=C(N)N)NC(=O)C(NC(=O)CN)C(C)O)C(=O)O. The Morgan fingerprint density at radius 2 is 1.65 bits per heavy atom. The molecule has 0 aromatic rings. The third-order valence-corrected chi connectivity index (χ3v) is 4.71. The van der Waals surface area contributed by atoms with E-state index >= 15 is 0 Å². The van der Waals surface area contributed by atoms with E-state index in [4.69, 9.17) is 17.2 Å². The van der Waals surface area contributed by atoms with E-state index in [0.717, 1.165) is 0 Å². The molecule has 0 rings (SSSR count). The molecule has 0 aliphatic rings. The largest absolute Gasteiger partial charge is 0.480 e. The molecule has 0 radical (unpaired) electrons. The maximum Gasteiger partial charge on any atom is 0.326 e. The maximum atomic E-state index is 12.7. The van der Waals surface area contributed by atoms with Crippen LogP contribution < -0.4 is 33.2 Å². The van der Waals surface area contributed by atoms with Crippen molar-refractivity contribution in [3.8, 4) is 0 Å². The zero-order valence-electron chi connectivity index (χ0n) is 17.7. The number of hydrogen-bond donors (Lipinski definition) is 8. The van der Waals surface area contributed by atoms with Crippen molar-refractivity contribution in [2.45, 2.75) is 50.4 Å². The van der Waals surface area contributed by atoms with Crippen molar-refractivity contribution in [1.29, 1.82) is 0 Å². The number of nitrogens with zero attached hydrogens (tertiary/aromatic N) is 1. The topological polar surface area (TPSA) is 235 Å². The molecule has 11 N–H and O–H groups in total. The van der Waals surface area contributed by atoms with Gasteiger partial charge in [0.1, 0.15) is 18.1 Å². The summed E-state index contributed by atoms with van der Waals surface area (Å²) in [6, 6.07) is -3.63. The summed E-state index contributed by atoms with van der Waals surface area (Å²) in [7, 11) is 0. The number of nitrogens with one attached hydrogen (secondary N) is 3. The highest BCUT2D eigenvalue weighted by molar-refractivity contribution is 7.98. The molecule has 0 bridgehead atoms. The number of carbonyl (C=O) groups is 4. The van der Waals surface area contributed by atoms with E-state index in [0.29, 0.717) is 12.2 Å². The lowest BCUT2D eigenvalue weighted by molar-refractivity contribution is -0.142. The molecule has 0 fully saturated rings. The van der Waals surface area contributed by atoms with E-state index in [9.17, 15) is 29.4 Å². The van der Waals surface area contributed by atoms with Gasteiger partial charge in [-0.25, -0.2) is 4.79 Å². The number of aliphatic imine (C=N–C) groups is 1. The van der Waals surface area contributed by atoms with Crippen LogP contribution in [-0.4, -0.2) is 89.2 Å². The lowest BCUT2D eigenvalue weighted by Gasteiger charge is -2.25. The first-order valence-corrected chi connectivity index (χ1v) is 11.0. The fourth-order valence-electron chi connectivity index (χ4n) is 2.44. The molecule has 0 heterocycles. The van der Waals surface area contributed by atoms with Gasteiger partial charge in [0.25, 0.3) is 0 Å². The zero-order chi connectivity index (χ0) is 24.0. The van der Waals surface area contributed by atoms with Crippen LogP contribution in [0.15, 0.2) is 4.99 Å². The molecule has 0 aromatic heterocycles. The number of aliphatic carboxylic acids is 1. The molecule has 0 spiro atoms. The van der Waals surface area contributed by atoms with E-state index in [1.807, 2.05) is 0 Å². The van der Waals surface area contributed by atoms with Crippen LogP contribution in [-0.2, 0) is 19.2 Å². The molecule has 0 saturated carbocycles. The molecule has 0 aromatic carbocycles. The van der Waals surface area contributed by atoms with Crippen molar-refractivity contribution in [3.63, 3.8) is 0 Å². The van der Waals surface area contributed by atoms with Gasteiger partial charge in [0.15, 0.2) is 5.96 Å². The Morgan fingerprint density at radius 1 is 1.03 bits per heavy atom. The van der Waals surface area contributed by atoms with Crippen molar-refractivity contribution in [2.75, 3.05) is 25.1 Å². The number of thioether (sulfide) groups is 1. The molecular weight excluding hydrogens is 430 g/mol. The van der Waals surface area contributed by atoms with Gasteiger partial charge in [-0.05, 0) is 38.2 Å². The lowest BCUT2D eigenvalue weighted by Crippen LogP contribution is -2.58. The summed E-state index contributed by atoms with van der Waals surface area (Å²) >= 11 is 1.43. The molecule has 13 nitrogen and oxygen atoms in total. The van der Waals surface area contributed by atoms with E-state index in [-0.39, 0.29) is 25.3 Å². The van der Waals surface area contributed by atoms with Gasteiger partial charge in [0, 0.05) is 6.54 Å². The Kier molecular flexibility index (Phi) is 14.0. The second-order valence-corrected chi connectivity index (χ2v) is 7.67. The van der Waals surface area contributed by atoms with Gasteiger partial charge >= 0.3 is 5.97 Å². The summed E-state index contributed by atoms with van der Waals surface area (Å²) in [6.07, 6.45) is 1.11. The van der Waals surface area contributed by atoms with Crippen LogP contribution in [0.3, 0.4) is 0 Å². The Hall–Kier alpha value is -2.58. The summed E-state index contributed by atoms with van der Waals surface area (Å²) in [6.45, 7) is 1.08. The Labute approximate surface area is 185 Å². The van der Waals surface area contributed by atoms with Gasteiger partial charge in [-0.1, -0.05) is 0 Å². The standard InChI is InChI=1S/C17H33N7O6S/c1-9(25)13(24-12(26)8-18)15(28)22-10(4-3-6-21-17(19)20)14(27)23-11(16(29)30)5-7-31-2/h9-11,13,25H,3-8,18H2,1-2H3,(H,22,28)(H,23,27)(H,24,26)(H,29,30)(H4,19,20,21). The molecule has 4 atom stereocenters. The second-order valence-electron chi connectivity index (χ2n) is 6.68. The van der Waals surface area contributed by atoms with E-state index in [2.05, 4.69) is 20.9 Å². The number of carbonyl (C=O) groups excluding carboxylic acids is 3. The summed E-state index contributed by atoms with van der Waals surface area (Å²) in [4.78, 5) is 52.1. The number of rotatable bonds is 15. The first kappa shape index (κ1) is 28.4. The normalized spacial score (nSPS) is 14.5. The smallest absolute Gasteiger partial charge is 0.326 e. The van der Waals surface area contributed by atoms with Crippen LogP contribution in [0, 0.1) is 0 Å². The number of nitrogens with two attached hydrogens (primary N) is 3. The molecule has 178 valence electrons. The molecule has 0 saturated heterocycles. The maximum absolute atomic E-state index is 12.7. The molecule has 4 unspecified atom stereocenters. The third-order valence-electron chi connectivity index (χ3n) is 4.07. The summed E-state index contributed by atoms with van der Waals surface area (Å²) in [5.74, 6) is -3.04. The first-order chi connectivity index (χ1) is 14.5. The number of aliphatic hydroxyl groups excluding tert-OH is 1. The minimum Gasteiger partial charge on any atom is -0.480 e. The molecule has 0 aliphatic carbocycles. The number of aliphatic hydroxyl groups is 1. The van der Waals surface area contributed by atoms with Crippen LogP contribution in [0.1, 0.15) is 26.2 Å². The lowest BCUT2D eigenvalue weighted by atomic mass is 10.1. The van der Waals surface area contributed by atoms with E-state index < -0.39 is 54.5 Å². The van der Waals surface area contributed by atoms with Crippen molar-refractivity contribution in [2.24, 2.45) is 22.2 Å². The summed E-state index contributed by atoms with van der Waals surface area (Å²) in [5.41, 5.74) is 15.7. The van der Waals surface area contributed by atoms with Crippen molar-refractivity contribution in [3.05, 3.63) is 0 Å². The molecule has 0 aliphatic heterocycles. The van der Waals surface area contributed by atoms with Crippen LogP contribution in [0.2, 0.25) is 0 Å². The number of amides is 3. The van der Waals surface area contributed by atoms with Crippen LogP contribution in [0.4, 0.5) is 0 Å². The Balaban J connectivity index is 5.38. The number of guanidine groups is 1. The van der Waals surface area contributed by atoms with Gasteiger partial charge in [-0.3, -0.25) is 19.4 Å². The fourth-order valence-corrected chi connectivity index (χ4v) is 2.91. The predicted octanol–water partition coefficient (Wildman–Crippen LogP) is -3.33. The molecule has 14 heteroatoms. The van der Waals surface area contributed by atoms with Gasteiger partial charge in [0.05, 0.1) is 12.6 Å². The highest BCUT2D eigenvalue weighted by atomic mass is 32.2. The van der Waals surface area contributed by atoms with Crippen molar-refractivity contribution >= 4 is 41.4 Å². The minimum absolute atomic E-state index is 0.0839. The highest BCUT2D eigenvalue weighted by Gasteiger charge is 2.31. The minimum atomic E-state index is -1.35. The predicted molar refractivity (Wildman–Crippen MR) is 117 cm³/mol. The number of carboxylic acid groups (broad SMARTS) is 1. The van der Waals surface area contributed by atoms with Crippen molar-refractivity contribution in [1.82, 2.24) is 16.0 Å². The first-order valence-electron chi connectivity index (χ1n) is 9.58. The summed E-state index contributed by atoms with van der Waals surface area (Å²) in [5, 5.41) is 26.3. The van der Waals surface area contributed by atoms with Gasteiger partial charge in [-0.15, -0.1) is 0 Å². The van der Waals surface area contributed by atoms with Gasteiger partial charge in [-0.2, -0.15) is 11.8 Å². The Morgan fingerprint density at radius 3 is 2.13 bits per heavy atom.